The molecule has 110 valence electrons. The predicted molar refractivity (Wildman–Crippen MR) is 81.0 cm³/mol. The van der Waals surface area contributed by atoms with Gasteiger partial charge in [0.05, 0.1) is 11.6 Å². The number of aliphatic carboxylic acids is 1. The molecule has 21 heavy (non-hydrogen) atoms. The van der Waals surface area contributed by atoms with Crippen molar-refractivity contribution in [2.24, 2.45) is 0 Å². The number of carboxylic acid groups (broad SMARTS) is 1. The summed E-state index contributed by atoms with van der Waals surface area (Å²) in [6.45, 7) is 3.98. The Morgan fingerprint density at radius 1 is 1.24 bits per heavy atom. The SMILES string of the molecule is Cc1ccc(NCc2ccc(C(C)C(=O)O)cc2)c(F)c1. The van der Waals surface area contributed by atoms with Gasteiger partial charge in [-0.3, -0.25) is 4.79 Å². The number of carboxylic acids is 1. The molecule has 0 spiro atoms. The van der Waals surface area contributed by atoms with E-state index in [0.29, 0.717) is 12.2 Å². The quantitative estimate of drug-likeness (QED) is 0.876. The molecule has 1 unspecified atom stereocenters. The summed E-state index contributed by atoms with van der Waals surface area (Å²) in [6.07, 6.45) is 0. The van der Waals surface area contributed by atoms with E-state index in [1.807, 2.05) is 25.1 Å². The molecule has 0 radical (unpaired) electrons. The summed E-state index contributed by atoms with van der Waals surface area (Å²) in [5.41, 5.74) is 3.07. The molecule has 4 heteroatoms. The predicted octanol–water partition coefficient (Wildman–Crippen LogP) is 3.93. The molecule has 0 saturated heterocycles. The summed E-state index contributed by atoms with van der Waals surface area (Å²) in [5.74, 6) is -1.64. The highest BCUT2D eigenvalue weighted by atomic mass is 19.1. The molecule has 0 aliphatic heterocycles. The van der Waals surface area contributed by atoms with Crippen molar-refractivity contribution in [1.82, 2.24) is 0 Å². The molecule has 1 atom stereocenters. The van der Waals surface area contributed by atoms with Crippen LogP contribution in [0, 0.1) is 12.7 Å². The maximum Gasteiger partial charge on any atom is 0.310 e. The minimum atomic E-state index is -0.845. The number of carbonyl (C=O) groups is 1. The molecule has 0 fully saturated rings. The van der Waals surface area contributed by atoms with E-state index in [9.17, 15) is 9.18 Å². The Labute approximate surface area is 123 Å². The number of anilines is 1. The van der Waals surface area contributed by atoms with Crippen LogP contribution < -0.4 is 5.32 Å². The molecule has 0 bridgehead atoms. The lowest BCUT2D eigenvalue weighted by Crippen LogP contribution is -2.07. The van der Waals surface area contributed by atoms with E-state index in [1.165, 1.54) is 6.07 Å². The Morgan fingerprint density at radius 3 is 2.48 bits per heavy atom. The Hall–Kier alpha value is -2.36. The summed E-state index contributed by atoms with van der Waals surface area (Å²) in [4.78, 5) is 10.9. The van der Waals surface area contributed by atoms with Gasteiger partial charge in [0.25, 0.3) is 0 Å². The van der Waals surface area contributed by atoms with Gasteiger partial charge in [0, 0.05) is 6.54 Å². The highest BCUT2D eigenvalue weighted by molar-refractivity contribution is 5.75. The van der Waals surface area contributed by atoms with Crippen LogP contribution in [-0.2, 0) is 11.3 Å². The molecule has 2 rings (SSSR count). The van der Waals surface area contributed by atoms with Crippen molar-refractivity contribution >= 4 is 11.7 Å². The van der Waals surface area contributed by atoms with Crippen molar-refractivity contribution in [3.63, 3.8) is 0 Å². The lowest BCUT2D eigenvalue weighted by Gasteiger charge is -2.10. The molecule has 0 amide bonds. The van der Waals surface area contributed by atoms with Crippen molar-refractivity contribution in [3.05, 3.63) is 65.0 Å². The first kappa shape index (κ1) is 15.0. The molecule has 2 aromatic carbocycles. The van der Waals surface area contributed by atoms with Gasteiger partial charge in [-0.1, -0.05) is 30.3 Å². The number of rotatable bonds is 5. The van der Waals surface area contributed by atoms with Gasteiger partial charge in [-0.15, -0.1) is 0 Å². The molecular weight excluding hydrogens is 269 g/mol. The maximum atomic E-state index is 13.7. The van der Waals surface area contributed by atoms with Crippen molar-refractivity contribution in [2.75, 3.05) is 5.32 Å². The average Bonchev–Trinajstić information content (AvgIpc) is 2.46. The molecule has 2 N–H and O–H groups in total. The minimum absolute atomic E-state index is 0.272. The van der Waals surface area contributed by atoms with Crippen LogP contribution in [0.3, 0.4) is 0 Å². The second-order valence-corrected chi connectivity index (χ2v) is 5.14. The van der Waals surface area contributed by atoms with Crippen LogP contribution in [0.15, 0.2) is 42.5 Å². The van der Waals surface area contributed by atoms with Crippen LogP contribution in [0.2, 0.25) is 0 Å². The summed E-state index contributed by atoms with van der Waals surface area (Å²) in [6, 6.07) is 12.3. The Bertz CT molecular complexity index is 638. The van der Waals surface area contributed by atoms with E-state index < -0.39 is 11.9 Å². The van der Waals surface area contributed by atoms with Crippen molar-refractivity contribution < 1.29 is 14.3 Å². The highest BCUT2D eigenvalue weighted by Crippen LogP contribution is 2.18. The van der Waals surface area contributed by atoms with Gasteiger partial charge in [0.1, 0.15) is 5.82 Å². The average molecular weight is 287 g/mol. The monoisotopic (exact) mass is 287 g/mol. The second kappa shape index (κ2) is 6.39. The van der Waals surface area contributed by atoms with Crippen LogP contribution in [-0.4, -0.2) is 11.1 Å². The van der Waals surface area contributed by atoms with E-state index >= 15 is 0 Å². The molecule has 0 aliphatic carbocycles. The fourth-order valence-corrected chi connectivity index (χ4v) is 2.03. The number of hydrogen-bond donors (Lipinski definition) is 2. The normalized spacial score (nSPS) is 12.0. The van der Waals surface area contributed by atoms with Crippen LogP contribution in [0.5, 0.6) is 0 Å². The molecule has 0 heterocycles. The first-order chi connectivity index (χ1) is 9.97. The van der Waals surface area contributed by atoms with Gasteiger partial charge >= 0.3 is 5.97 Å². The molecule has 0 aromatic heterocycles. The van der Waals surface area contributed by atoms with E-state index in [0.717, 1.165) is 16.7 Å². The minimum Gasteiger partial charge on any atom is -0.481 e. The topological polar surface area (TPSA) is 49.3 Å². The van der Waals surface area contributed by atoms with Crippen molar-refractivity contribution in [1.29, 1.82) is 0 Å². The fourth-order valence-electron chi connectivity index (χ4n) is 2.03. The summed E-state index contributed by atoms with van der Waals surface area (Å²) < 4.78 is 13.7. The van der Waals surface area contributed by atoms with Gasteiger partial charge in [-0.2, -0.15) is 0 Å². The largest absolute Gasteiger partial charge is 0.481 e. The lowest BCUT2D eigenvalue weighted by molar-refractivity contribution is -0.138. The number of hydrogen-bond acceptors (Lipinski definition) is 2. The highest BCUT2D eigenvalue weighted by Gasteiger charge is 2.12. The van der Waals surface area contributed by atoms with Crippen LogP contribution in [0.1, 0.15) is 29.5 Å². The number of benzene rings is 2. The fraction of sp³-hybridized carbons (Fsp3) is 0.235. The third-order valence-electron chi connectivity index (χ3n) is 3.46. The van der Waals surface area contributed by atoms with E-state index in [4.69, 9.17) is 5.11 Å². The second-order valence-electron chi connectivity index (χ2n) is 5.14. The lowest BCUT2D eigenvalue weighted by atomic mass is 10.00. The van der Waals surface area contributed by atoms with E-state index in [2.05, 4.69) is 5.32 Å². The van der Waals surface area contributed by atoms with Crippen LogP contribution >= 0.6 is 0 Å². The number of nitrogens with one attached hydrogen (secondary N) is 1. The van der Waals surface area contributed by atoms with Gasteiger partial charge in [-0.05, 0) is 42.7 Å². The number of halogens is 1. The zero-order valence-corrected chi connectivity index (χ0v) is 12.1. The third-order valence-corrected chi connectivity index (χ3v) is 3.46. The molecule has 0 aliphatic rings. The van der Waals surface area contributed by atoms with Crippen molar-refractivity contribution in [3.8, 4) is 0 Å². The molecule has 2 aromatic rings. The Morgan fingerprint density at radius 2 is 1.90 bits per heavy atom. The van der Waals surface area contributed by atoms with Gasteiger partial charge in [0.15, 0.2) is 0 Å². The smallest absolute Gasteiger partial charge is 0.310 e. The van der Waals surface area contributed by atoms with E-state index in [1.54, 1.807) is 25.1 Å². The Balaban J connectivity index is 2.02. The zero-order valence-electron chi connectivity index (χ0n) is 12.1. The molecule has 0 saturated carbocycles. The first-order valence-electron chi connectivity index (χ1n) is 6.79. The summed E-state index contributed by atoms with van der Waals surface area (Å²) >= 11 is 0. The van der Waals surface area contributed by atoms with Gasteiger partial charge < -0.3 is 10.4 Å². The van der Waals surface area contributed by atoms with Crippen LogP contribution in [0.4, 0.5) is 10.1 Å². The first-order valence-corrected chi connectivity index (χ1v) is 6.79. The summed E-state index contributed by atoms with van der Waals surface area (Å²) in [5, 5.41) is 12.0. The standard InChI is InChI=1S/C17H18FNO2/c1-11-3-8-16(15(18)9-11)19-10-13-4-6-14(7-5-13)12(2)17(20)21/h3-9,12,19H,10H2,1-2H3,(H,20,21). The van der Waals surface area contributed by atoms with E-state index in [-0.39, 0.29) is 5.82 Å². The van der Waals surface area contributed by atoms with Gasteiger partial charge in [-0.25, -0.2) is 4.39 Å². The molecule has 3 nitrogen and oxygen atoms in total. The molecular formula is C17H18FNO2. The zero-order chi connectivity index (χ0) is 15.4. The Kier molecular flexibility index (Phi) is 4.58. The third kappa shape index (κ3) is 3.81. The van der Waals surface area contributed by atoms with Crippen LogP contribution in [0.25, 0.3) is 0 Å². The number of aryl methyl sites for hydroxylation is 1. The summed E-state index contributed by atoms with van der Waals surface area (Å²) in [7, 11) is 0. The van der Waals surface area contributed by atoms with Crippen molar-refractivity contribution in [2.45, 2.75) is 26.3 Å². The maximum absolute atomic E-state index is 13.7. The van der Waals surface area contributed by atoms with Gasteiger partial charge in [0.2, 0.25) is 0 Å².